The lowest BCUT2D eigenvalue weighted by Gasteiger charge is -2.29. The molecule has 1 N–H and O–H groups in total. The summed E-state index contributed by atoms with van der Waals surface area (Å²) < 4.78 is 5.42. The van der Waals surface area contributed by atoms with Gasteiger partial charge in [-0.2, -0.15) is 0 Å². The molecular weight excluding hydrogens is 252 g/mol. The molecule has 0 saturated carbocycles. The molecule has 1 amide bonds. The zero-order valence-corrected chi connectivity index (χ0v) is 11.8. The van der Waals surface area contributed by atoms with E-state index in [1.165, 1.54) is 5.56 Å². The number of nitrogens with one attached hydrogen (secondary N) is 1. The predicted octanol–water partition coefficient (Wildman–Crippen LogP) is 1.73. The predicted molar refractivity (Wildman–Crippen MR) is 77.4 cm³/mol. The summed E-state index contributed by atoms with van der Waals surface area (Å²) in [6.07, 6.45) is 2.72. The number of hydrogen-bond acceptors (Lipinski definition) is 3. The van der Waals surface area contributed by atoms with Crippen molar-refractivity contribution in [2.24, 2.45) is 0 Å². The van der Waals surface area contributed by atoms with Gasteiger partial charge >= 0.3 is 0 Å². The molecule has 2 aliphatic heterocycles. The fraction of sp³-hybridized carbons (Fsp3) is 0.562. The number of hydrogen-bond donors (Lipinski definition) is 1. The Labute approximate surface area is 120 Å². The highest BCUT2D eigenvalue weighted by molar-refractivity contribution is 5.77. The van der Waals surface area contributed by atoms with Crippen LogP contribution in [0.5, 0.6) is 0 Å². The highest BCUT2D eigenvalue weighted by atomic mass is 16.5. The van der Waals surface area contributed by atoms with E-state index in [0.717, 1.165) is 32.5 Å². The third-order valence-electron chi connectivity index (χ3n) is 4.18. The summed E-state index contributed by atoms with van der Waals surface area (Å²) in [5, 5.41) is 3.36. The van der Waals surface area contributed by atoms with Gasteiger partial charge in [0.05, 0.1) is 19.3 Å². The van der Waals surface area contributed by atoms with E-state index in [4.69, 9.17) is 4.74 Å². The topological polar surface area (TPSA) is 41.6 Å². The summed E-state index contributed by atoms with van der Waals surface area (Å²) in [6.45, 7) is 3.13. The smallest absolute Gasteiger partial charge is 0.224 e. The molecule has 2 heterocycles. The first kappa shape index (κ1) is 13.6. The van der Waals surface area contributed by atoms with Crippen molar-refractivity contribution in [3.63, 3.8) is 0 Å². The zero-order chi connectivity index (χ0) is 13.8. The molecular formula is C16H22N2O2. The van der Waals surface area contributed by atoms with Crippen LogP contribution in [-0.2, 0) is 9.53 Å². The fourth-order valence-corrected chi connectivity index (χ4v) is 3.17. The van der Waals surface area contributed by atoms with Crippen molar-refractivity contribution in [2.45, 2.75) is 31.3 Å². The highest BCUT2D eigenvalue weighted by Gasteiger charge is 2.31. The van der Waals surface area contributed by atoms with Crippen LogP contribution < -0.4 is 5.32 Å². The monoisotopic (exact) mass is 274 g/mol. The van der Waals surface area contributed by atoms with Crippen LogP contribution in [0.25, 0.3) is 0 Å². The second-order valence-electron chi connectivity index (χ2n) is 5.59. The zero-order valence-electron chi connectivity index (χ0n) is 11.8. The Hall–Kier alpha value is -1.39. The minimum absolute atomic E-state index is 0.174. The lowest BCUT2D eigenvalue weighted by molar-refractivity contribution is -0.133. The lowest BCUT2D eigenvalue weighted by atomic mass is 10.0. The standard InChI is InChI=1S/C16H22N2O2/c19-16(11-14-12-20-10-8-17-14)18-9-4-7-15(18)13-5-2-1-3-6-13/h1-3,5-6,14-15,17H,4,7-12H2/t14-,15+/m0/s1. The van der Waals surface area contributed by atoms with Gasteiger partial charge in [-0.15, -0.1) is 0 Å². The van der Waals surface area contributed by atoms with Crippen LogP contribution in [0.3, 0.4) is 0 Å². The van der Waals surface area contributed by atoms with E-state index in [9.17, 15) is 4.79 Å². The molecule has 2 saturated heterocycles. The first-order chi connectivity index (χ1) is 9.84. The minimum Gasteiger partial charge on any atom is -0.378 e. The van der Waals surface area contributed by atoms with Crippen LogP contribution in [0, 0.1) is 0 Å². The molecule has 0 radical (unpaired) electrons. The highest BCUT2D eigenvalue weighted by Crippen LogP contribution is 2.32. The van der Waals surface area contributed by atoms with Gasteiger partial charge in [0.15, 0.2) is 0 Å². The van der Waals surface area contributed by atoms with E-state index in [-0.39, 0.29) is 18.0 Å². The Bertz CT molecular complexity index is 443. The maximum Gasteiger partial charge on any atom is 0.224 e. The Morgan fingerprint density at radius 3 is 2.95 bits per heavy atom. The number of benzene rings is 1. The molecule has 4 heteroatoms. The van der Waals surface area contributed by atoms with E-state index in [2.05, 4.69) is 17.4 Å². The van der Waals surface area contributed by atoms with Crippen molar-refractivity contribution in [3.05, 3.63) is 35.9 Å². The van der Waals surface area contributed by atoms with Crippen molar-refractivity contribution in [3.8, 4) is 0 Å². The first-order valence-electron chi connectivity index (χ1n) is 7.50. The van der Waals surface area contributed by atoms with Crippen LogP contribution in [0.15, 0.2) is 30.3 Å². The van der Waals surface area contributed by atoms with E-state index in [1.807, 2.05) is 23.1 Å². The number of morpholine rings is 1. The van der Waals surface area contributed by atoms with Gasteiger partial charge < -0.3 is 15.0 Å². The van der Waals surface area contributed by atoms with Crippen molar-refractivity contribution < 1.29 is 9.53 Å². The van der Waals surface area contributed by atoms with Gasteiger partial charge in [-0.1, -0.05) is 30.3 Å². The van der Waals surface area contributed by atoms with E-state index < -0.39 is 0 Å². The Kier molecular flexibility index (Phi) is 4.33. The molecule has 2 fully saturated rings. The lowest BCUT2D eigenvalue weighted by Crippen LogP contribution is -2.45. The number of amides is 1. The quantitative estimate of drug-likeness (QED) is 0.912. The Morgan fingerprint density at radius 1 is 1.35 bits per heavy atom. The maximum atomic E-state index is 12.5. The van der Waals surface area contributed by atoms with E-state index in [0.29, 0.717) is 13.0 Å². The summed E-state index contributed by atoms with van der Waals surface area (Å²) in [5.74, 6) is 0.249. The number of nitrogens with zero attached hydrogens (tertiary/aromatic N) is 1. The molecule has 0 aliphatic carbocycles. The molecule has 20 heavy (non-hydrogen) atoms. The molecule has 1 aromatic carbocycles. The molecule has 0 spiro atoms. The first-order valence-corrected chi connectivity index (χ1v) is 7.50. The van der Waals surface area contributed by atoms with Gasteiger partial charge in [0.25, 0.3) is 0 Å². The molecule has 0 bridgehead atoms. The van der Waals surface area contributed by atoms with Gasteiger partial charge in [-0.05, 0) is 18.4 Å². The van der Waals surface area contributed by atoms with Gasteiger partial charge in [0, 0.05) is 25.6 Å². The van der Waals surface area contributed by atoms with Crippen LogP contribution in [-0.4, -0.2) is 43.2 Å². The summed E-state index contributed by atoms with van der Waals surface area (Å²) in [4.78, 5) is 14.6. The van der Waals surface area contributed by atoms with Gasteiger partial charge in [-0.3, -0.25) is 4.79 Å². The SMILES string of the molecule is O=C(C[C@H]1COCCN1)N1CCC[C@@H]1c1ccccc1. The number of rotatable bonds is 3. The van der Waals surface area contributed by atoms with Crippen molar-refractivity contribution in [2.75, 3.05) is 26.3 Å². The van der Waals surface area contributed by atoms with Gasteiger partial charge in [0.2, 0.25) is 5.91 Å². The third kappa shape index (κ3) is 3.02. The number of carbonyl (C=O) groups is 1. The summed E-state index contributed by atoms with van der Waals surface area (Å²) in [6, 6.07) is 10.8. The molecule has 108 valence electrons. The normalized spacial score (nSPS) is 26.7. The average Bonchev–Trinajstić information content (AvgIpc) is 2.99. The molecule has 4 nitrogen and oxygen atoms in total. The molecule has 2 atom stereocenters. The van der Waals surface area contributed by atoms with Crippen molar-refractivity contribution in [1.29, 1.82) is 0 Å². The van der Waals surface area contributed by atoms with Gasteiger partial charge in [0.1, 0.15) is 0 Å². The van der Waals surface area contributed by atoms with Crippen LogP contribution in [0.4, 0.5) is 0 Å². The second kappa shape index (κ2) is 6.37. The maximum absolute atomic E-state index is 12.5. The van der Waals surface area contributed by atoms with E-state index in [1.54, 1.807) is 0 Å². The van der Waals surface area contributed by atoms with Crippen LogP contribution in [0.1, 0.15) is 30.9 Å². The summed E-state index contributed by atoms with van der Waals surface area (Å²) in [7, 11) is 0. The molecule has 3 rings (SSSR count). The fourth-order valence-electron chi connectivity index (χ4n) is 3.17. The Morgan fingerprint density at radius 2 is 2.20 bits per heavy atom. The minimum atomic E-state index is 0.174. The molecule has 0 unspecified atom stereocenters. The molecule has 1 aromatic rings. The van der Waals surface area contributed by atoms with Crippen molar-refractivity contribution >= 4 is 5.91 Å². The summed E-state index contributed by atoms with van der Waals surface area (Å²) >= 11 is 0. The van der Waals surface area contributed by atoms with E-state index >= 15 is 0 Å². The summed E-state index contributed by atoms with van der Waals surface area (Å²) in [5.41, 5.74) is 1.26. The van der Waals surface area contributed by atoms with Crippen LogP contribution >= 0.6 is 0 Å². The largest absolute Gasteiger partial charge is 0.378 e. The van der Waals surface area contributed by atoms with Crippen molar-refractivity contribution in [1.82, 2.24) is 10.2 Å². The Balaban J connectivity index is 1.64. The number of carbonyl (C=O) groups excluding carboxylic acids is 1. The van der Waals surface area contributed by atoms with Crippen LogP contribution in [0.2, 0.25) is 0 Å². The average molecular weight is 274 g/mol. The molecule has 0 aromatic heterocycles. The van der Waals surface area contributed by atoms with Gasteiger partial charge in [-0.25, -0.2) is 0 Å². The second-order valence-corrected chi connectivity index (χ2v) is 5.59. The number of likely N-dealkylation sites (tertiary alicyclic amines) is 1. The molecule has 2 aliphatic rings. The third-order valence-corrected chi connectivity index (χ3v) is 4.18. The number of ether oxygens (including phenoxy) is 1.